The molecule has 0 atom stereocenters. The molecular weight excluding hydrogens is 313 g/mol. The van der Waals surface area contributed by atoms with E-state index in [0.29, 0.717) is 32.8 Å². The second kappa shape index (κ2) is 6.70. The van der Waals surface area contributed by atoms with Gasteiger partial charge in [-0.2, -0.15) is 0 Å². The van der Waals surface area contributed by atoms with Crippen molar-refractivity contribution in [2.75, 3.05) is 19.5 Å². The normalized spacial score (nSPS) is 10.1. The van der Waals surface area contributed by atoms with Gasteiger partial charge in [-0.25, -0.2) is 0 Å². The first-order valence-corrected chi connectivity index (χ1v) is 6.79. The van der Waals surface area contributed by atoms with Crippen LogP contribution in [0.2, 0.25) is 10.0 Å². The molecule has 0 unspecified atom stereocenters. The maximum absolute atomic E-state index is 12.3. The SMILES string of the molecule is COc1cc(OC)cc(C(=O)Nc2c(Cl)cccc2Cl)c1. The summed E-state index contributed by atoms with van der Waals surface area (Å²) in [5, 5.41) is 3.42. The van der Waals surface area contributed by atoms with Crippen molar-refractivity contribution in [1.82, 2.24) is 0 Å². The number of para-hydroxylation sites is 1. The summed E-state index contributed by atoms with van der Waals surface area (Å²) in [6.45, 7) is 0. The van der Waals surface area contributed by atoms with E-state index in [1.165, 1.54) is 14.2 Å². The Morgan fingerprint density at radius 2 is 1.52 bits per heavy atom. The molecule has 110 valence electrons. The number of hydrogen-bond acceptors (Lipinski definition) is 3. The van der Waals surface area contributed by atoms with E-state index in [9.17, 15) is 4.79 Å². The number of carbonyl (C=O) groups excluding carboxylic acids is 1. The molecule has 0 saturated heterocycles. The maximum atomic E-state index is 12.3. The molecule has 0 heterocycles. The van der Waals surface area contributed by atoms with Crippen molar-refractivity contribution >= 4 is 34.8 Å². The van der Waals surface area contributed by atoms with Crippen LogP contribution in [0.1, 0.15) is 10.4 Å². The second-order valence-electron chi connectivity index (χ2n) is 4.15. The summed E-state index contributed by atoms with van der Waals surface area (Å²) in [6, 6.07) is 9.88. The summed E-state index contributed by atoms with van der Waals surface area (Å²) in [5.74, 6) is 0.678. The van der Waals surface area contributed by atoms with E-state index in [1.807, 2.05) is 0 Å². The van der Waals surface area contributed by atoms with Gasteiger partial charge >= 0.3 is 0 Å². The molecule has 2 rings (SSSR count). The molecule has 0 aromatic heterocycles. The van der Waals surface area contributed by atoms with Gasteiger partial charge in [-0.1, -0.05) is 29.3 Å². The Hall–Kier alpha value is -1.91. The predicted octanol–water partition coefficient (Wildman–Crippen LogP) is 4.26. The van der Waals surface area contributed by atoms with Gasteiger partial charge in [0, 0.05) is 11.6 Å². The second-order valence-corrected chi connectivity index (χ2v) is 4.97. The van der Waals surface area contributed by atoms with Gasteiger partial charge in [0.25, 0.3) is 5.91 Å². The fraction of sp³-hybridized carbons (Fsp3) is 0.133. The molecule has 0 bridgehead atoms. The van der Waals surface area contributed by atoms with E-state index < -0.39 is 0 Å². The van der Waals surface area contributed by atoms with Crippen molar-refractivity contribution in [2.45, 2.75) is 0 Å². The Bertz CT molecular complexity index is 631. The average molecular weight is 326 g/mol. The number of carbonyl (C=O) groups is 1. The van der Waals surface area contributed by atoms with Crippen LogP contribution in [-0.2, 0) is 0 Å². The first-order chi connectivity index (χ1) is 10.0. The number of hydrogen-bond donors (Lipinski definition) is 1. The number of halogens is 2. The molecule has 0 fully saturated rings. The van der Waals surface area contributed by atoms with Gasteiger partial charge < -0.3 is 14.8 Å². The molecule has 1 amide bonds. The lowest BCUT2D eigenvalue weighted by molar-refractivity contribution is 0.102. The van der Waals surface area contributed by atoms with E-state index >= 15 is 0 Å². The van der Waals surface area contributed by atoms with Crippen LogP contribution < -0.4 is 14.8 Å². The molecule has 4 nitrogen and oxygen atoms in total. The molecular formula is C15H13Cl2NO3. The van der Waals surface area contributed by atoms with Crippen molar-refractivity contribution < 1.29 is 14.3 Å². The quantitative estimate of drug-likeness (QED) is 0.913. The first kappa shape index (κ1) is 15.5. The third-order valence-corrected chi connectivity index (χ3v) is 3.44. The Labute approximate surface area is 132 Å². The molecule has 2 aromatic rings. The fourth-order valence-corrected chi connectivity index (χ4v) is 2.23. The fourth-order valence-electron chi connectivity index (χ4n) is 1.74. The number of amides is 1. The molecule has 0 saturated carbocycles. The minimum atomic E-state index is -0.359. The topological polar surface area (TPSA) is 47.6 Å². The number of rotatable bonds is 4. The average Bonchev–Trinajstić information content (AvgIpc) is 2.50. The van der Waals surface area contributed by atoms with Crippen LogP contribution in [0.5, 0.6) is 11.5 Å². The van der Waals surface area contributed by atoms with Crippen LogP contribution in [0.4, 0.5) is 5.69 Å². The summed E-state index contributed by atoms with van der Waals surface area (Å²) < 4.78 is 10.3. The maximum Gasteiger partial charge on any atom is 0.256 e. The number of ether oxygens (including phenoxy) is 2. The number of benzene rings is 2. The zero-order valence-electron chi connectivity index (χ0n) is 11.4. The molecule has 0 aliphatic rings. The molecule has 1 N–H and O–H groups in total. The summed E-state index contributed by atoms with van der Waals surface area (Å²) >= 11 is 12.1. The van der Waals surface area contributed by atoms with Crippen LogP contribution in [0.25, 0.3) is 0 Å². The number of anilines is 1. The molecule has 0 spiro atoms. The van der Waals surface area contributed by atoms with Crippen LogP contribution in [-0.4, -0.2) is 20.1 Å². The summed E-state index contributed by atoms with van der Waals surface area (Å²) in [4.78, 5) is 12.3. The highest BCUT2D eigenvalue weighted by Gasteiger charge is 2.13. The van der Waals surface area contributed by atoms with E-state index in [4.69, 9.17) is 32.7 Å². The van der Waals surface area contributed by atoms with Crippen molar-refractivity contribution in [2.24, 2.45) is 0 Å². The smallest absolute Gasteiger partial charge is 0.256 e. The monoisotopic (exact) mass is 325 g/mol. The van der Waals surface area contributed by atoms with Crippen molar-refractivity contribution in [1.29, 1.82) is 0 Å². The third kappa shape index (κ3) is 3.60. The zero-order chi connectivity index (χ0) is 15.4. The van der Waals surface area contributed by atoms with Gasteiger partial charge in [0.2, 0.25) is 0 Å². The minimum Gasteiger partial charge on any atom is -0.497 e. The molecule has 0 aliphatic carbocycles. The van der Waals surface area contributed by atoms with Gasteiger partial charge in [0.15, 0.2) is 0 Å². The molecule has 6 heteroatoms. The number of nitrogens with one attached hydrogen (secondary N) is 1. The Morgan fingerprint density at radius 3 is 2.00 bits per heavy atom. The molecule has 21 heavy (non-hydrogen) atoms. The lowest BCUT2D eigenvalue weighted by Crippen LogP contribution is -2.13. The van der Waals surface area contributed by atoms with Crippen molar-refractivity contribution in [3.63, 3.8) is 0 Å². The van der Waals surface area contributed by atoms with Crippen LogP contribution in [0.15, 0.2) is 36.4 Å². The lowest BCUT2D eigenvalue weighted by Gasteiger charge is -2.11. The van der Waals surface area contributed by atoms with E-state index in [0.717, 1.165) is 0 Å². The zero-order valence-corrected chi connectivity index (χ0v) is 13.0. The standard InChI is InChI=1S/C15H13Cl2NO3/c1-20-10-6-9(7-11(8-10)21-2)15(19)18-14-12(16)4-3-5-13(14)17/h3-8H,1-2H3,(H,18,19). The highest BCUT2D eigenvalue weighted by atomic mass is 35.5. The van der Waals surface area contributed by atoms with Crippen LogP contribution >= 0.6 is 23.2 Å². The molecule has 0 aliphatic heterocycles. The third-order valence-electron chi connectivity index (χ3n) is 2.81. The van der Waals surface area contributed by atoms with E-state index in [1.54, 1.807) is 36.4 Å². The summed E-state index contributed by atoms with van der Waals surface area (Å²) in [7, 11) is 3.03. The summed E-state index contributed by atoms with van der Waals surface area (Å²) in [6.07, 6.45) is 0. The summed E-state index contributed by atoms with van der Waals surface area (Å²) in [5.41, 5.74) is 0.745. The highest BCUT2D eigenvalue weighted by molar-refractivity contribution is 6.40. The highest BCUT2D eigenvalue weighted by Crippen LogP contribution is 2.31. The van der Waals surface area contributed by atoms with E-state index in [2.05, 4.69) is 5.32 Å². The van der Waals surface area contributed by atoms with Gasteiger partial charge in [-0.3, -0.25) is 4.79 Å². The van der Waals surface area contributed by atoms with Gasteiger partial charge in [0.05, 0.1) is 30.0 Å². The lowest BCUT2D eigenvalue weighted by atomic mass is 10.2. The first-order valence-electron chi connectivity index (χ1n) is 6.03. The van der Waals surface area contributed by atoms with Crippen LogP contribution in [0.3, 0.4) is 0 Å². The Balaban J connectivity index is 2.32. The predicted molar refractivity (Wildman–Crippen MR) is 84.0 cm³/mol. The van der Waals surface area contributed by atoms with Crippen molar-refractivity contribution in [3.8, 4) is 11.5 Å². The van der Waals surface area contributed by atoms with E-state index in [-0.39, 0.29) is 5.91 Å². The minimum absolute atomic E-state index is 0.359. The van der Waals surface area contributed by atoms with Gasteiger partial charge in [-0.15, -0.1) is 0 Å². The van der Waals surface area contributed by atoms with Gasteiger partial charge in [-0.05, 0) is 24.3 Å². The van der Waals surface area contributed by atoms with Crippen molar-refractivity contribution in [3.05, 3.63) is 52.0 Å². The Morgan fingerprint density at radius 1 is 1.00 bits per heavy atom. The Kier molecular flexibility index (Phi) is 4.94. The largest absolute Gasteiger partial charge is 0.497 e. The molecule has 0 radical (unpaired) electrons. The number of methoxy groups -OCH3 is 2. The van der Waals surface area contributed by atoms with Crippen LogP contribution in [0, 0.1) is 0 Å². The van der Waals surface area contributed by atoms with Gasteiger partial charge in [0.1, 0.15) is 11.5 Å². The molecule has 2 aromatic carbocycles.